The monoisotopic (exact) mass is 380 g/mol. The molecular formula is C12H14Cl2N4O2S2. The van der Waals surface area contributed by atoms with Crippen molar-refractivity contribution in [3.05, 3.63) is 30.1 Å². The molecule has 3 N–H and O–H groups in total. The van der Waals surface area contributed by atoms with Crippen molar-refractivity contribution in [3.8, 4) is 0 Å². The summed E-state index contributed by atoms with van der Waals surface area (Å²) in [5.74, 6) is -0.318. The number of esters is 1. The van der Waals surface area contributed by atoms with E-state index in [-0.39, 0.29) is 11.8 Å². The van der Waals surface area contributed by atoms with Gasteiger partial charge in [0.2, 0.25) is 0 Å². The van der Waals surface area contributed by atoms with Crippen LogP contribution in [0.4, 0.5) is 0 Å². The molecule has 0 unspecified atom stereocenters. The van der Waals surface area contributed by atoms with Gasteiger partial charge in [0.05, 0.1) is 22.9 Å². The topological polar surface area (TPSA) is 102 Å². The molecule has 120 valence electrons. The minimum absolute atomic E-state index is 0.0295. The Bertz CT molecular complexity index is 685. The molecule has 0 aliphatic carbocycles. The number of nitrogens with one attached hydrogen (secondary N) is 1. The fraction of sp³-hybridized carbons (Fsp3) is 0.333. The van der Waals surface area contributed by atoms with Gasteiger partial charge >= 0.3 is 5.97 Å². The van der Waals surface area contributed by atoms with Crippen LogP contribution in [0.2, 0.25) is 8.93 Å². The summed E-state index contributed by atoms with van der Waals surface area (Å²) in [6, 6.07) is 0. The largest absolute Gasteiger partial charge is 0.462 e. The van der Waals surface area contributed by atoms with Gasteiger partial charge in [-0.3, -0.25) is 5.41 Å². The van der Waals surface area contributed by atoms with E-state index in [1.165, 1.54) is 11.3 Å². The third-order valence-electron chi connectivity index (χ3n) is 2.25. The normalized spacial score (nSPS) is 9.86. The molecular weight excluding hydrogens is 367 g/mol. The number of thiazole rings is 2. The van der Waals surface area contributed by atoms with Crippen LogP contribution in [0.25, 0.3) is 0 Å². The van der Waals surface area contributed by atoms with Crippen LogP contribution in [-0.4, -0.2) is 28.4 Å². The number of aromatic nitrogens is 2. The van der Waals surface area contributed by atoms with Gasteiger partial charge < -0.3 is 10.5 Å². The molecule has 2 rings (SSSR count). The van der Waals surface area contributed by atoms with E-state index in [0.29, 0.717) is 31.0 Å². The average Bonchev–Trinajstić information content (AvgIpc) is 2.92. The van der Waals surface area contributed by atoms with E-state index in [1.807, 2.05) is 0 Å². The van der Waals surface area contributed by atoms with Gasteiger partial charge in [0.25, 0.3) is 0 Å². The summed E-state index contributed by atoms with van der Waals surface area (Å²) in [5.41, 5.74) is 6.58. The lowest BCUT2D eigenvalue weighted by Crippen LogP contribution is -2.10. The van der Waals surface area contributed by atoms with Gasteiger partial charge in [0.15, 0.2) is 8.93 Å². The lowest BCUT2D eigenvalue weighted by molar-refractivity contribution is 0.0531. The van der Waals surface area contributed by atoms with E-state index in [0.717, 1.165) is 17.0 Å². The maximum Gasteiger partial charge on any atom is 0.350 e. The maximum absolute atomic E-state index is 11.2. The number of hydrogen-bond acceptors (Lipinski definition) is 7. The molecule has 2 heterocycles. The van der Waals surface area contributed by atoms with E-state index in [1.54, 1.807) is 20.8 Å². The Labute approximate surface area is 145 Å². The standard InChI is InChI=1S/C7H8ClNO2S.C5H6ClN3S/c1-3-11-6(10)5-4(2)9-7(8)12-5;1-2-3(4(7)8)10-5(6)9-2/h3H2,1-2H3;1H3,(H3,7,8). The average molecular weight is 381 g/mol. The first kappa shape index (κ1) is 18.8. The van der Waals surface area contributed by atoms with Crippen molar-refractivity contribution >= 4 is 57.7 Å². The van der Waals surface area contributed by atoms with Crippen LogP contribution in [-0.2, 0) is 4.74 Å². The van der Waals surface area contributed by atoms with Crippen molar-refractivity contribution in [2.24, 2.45) is 5.73 Å². The number of ether oxygens (including phenoxy) is 1. The van der Waals surface area contributed by atoms with Crippen LogP contribution in [0.15, 0.2) is 0 Å². The van der Waals surface area contributed by atoms with Gasteiger partial charge in [-0.25, -0.2) is 14.8 Å². The van der Waals surface area contributed by atoms with Crippen LogP contribution < -0.4 is 5.73 Å². The molecule has 0 saturated carbocycles. The SMILES string of the molecule is CCOC(=O)c1sc(Cl)nc1C.Cc1nc(Cl)sc1C(=N)N. The van der Waals surface area contributed by atoms with Crippen molar-refractivity contribution in [2.75, 3.05) is 6.61 Å². The maximum atomic E-state index is 11.2. The van der Waals surface area contributed by atoms with E-state index < -0.39 is 0 Å². The second-order valence-corrected chi connectivity index (χ2v) is 7.06. The Morgan fingerprint density at radius 3 is 1.91 bits per heavy atom. The van der Waals surface area contributed by atoms with Gasteiger partial charge in [0, 0.05) is 0 Å². The third-order valence-corrected chi connectivity index (χ3v) is 4.78. The molecule has 0 spiro atoms. The molecule has 0 fully saturated rings. The Morgan fingerprint density at radius 2 is 1.64 bits per heavy atom. The van der Waals surface area contributed by atoms with Crippen LogP contribution in [0.5, 0.6) is 0 Å². The number of aryl methyl sites for hydroxylation is 2. The summed E-state index contributed by atoms with van der Waals surface area (Å²) < 4.78 is 5.60. The highest BCUT2D eigenvalue weighted by Gasteiger charge is 2.14. The van der Waals surface area contributed by atoms with Crippen LogP contribution in [0.1, 0.15) is 32.9 Å². The molecule has 2 aromatic rings. The molecule has 0 bridgehead atoms. The number of amidine groups is 1. The highest BCUT2D eigenvalue weighted by atomic mass is 35.5. The van der Waals surface area contributed by atoms with Crippen molar-refractivity contribution in [1.82, 2.24) is 9.97 Å². The number of halogens is 2. The zero-order valence-electron chi connectivity index (χ0n) is 12.1. The zero-order valence-corrected chi connectivity index (χ0v) is 15.2. The molecule has 2 aromatic heterocycles. The fourth-order valence-corrected chi connectivity index (χ4v) is 3.42. The second-order valence-electron chi connectivity index (χ2n) is 3.90. The molecule has 0 aliphatic rings. The highest BCUT2D eigenvalue weighted by Crippen LogP contribution is 2.22. The van der Waals surface area contributed by atoms with E-state index >= 15 is 0 Å². The Balaban J connectivity index is 0.000000224. The summed E-state index contributed by atoms with van der Waals surface area (Å²) in [6.07, 6.45) is 0. The molecule has 22 heavy (non-hydrogen) atoms. The number of rotatable bonds is 3. The molecule has 0 atom stereocenters. The Kier molecular flexibility index (Phi) is 7.21. The van der Waals surface area contributed by atoms with Gasteiger partial charge in [-0.1, -0.05) is 45.9 Å². The fourth-order valence-electron chi connectivity index (χ4n) is 1.36. The molecule has 0 radical (unpaired) electrons. The minimum atomic E-state index is -0.348. The van der Waals surface area contributed by atoms with Crippen LogP contribution in [0, 0.1) is 19.3 Å². The first-order valence-electron chi connectivity index (χ1n) is 6.03. The zero-order chi connectivity index (χ0) is 16.9. The summed E-state index contributed by atoms with van der Waals surface area (Å²) in [6.45, 7) is 5.64. The first-order valence-corrected chi connectivity index (χ1v) is 8.42. The number of nitrogens with two attached hydrogens (primary N) is 1. The predicted molar refractivity (Wildman–Crippen MR) is 90.7 cm³/mol. The molecule has 0 aliphatic heterocycles. The number of carbonyl (C=O) groups excluding carboxylic acids is 1. The number of nitrogen functional groups attached to an aromatic ring is 1. The van der Waals surface area contributed by atoms with Crippen LogP contribution in [0.3, 0.4) is 0 Å². The number of hydrogen-bond donors (Lipinski definition) is 2. The Hall–Kier alpha value is -1.22. The number of carbonyl (C=O) groups is 1. The lowest BCUT2D eigenvalue weighted by atomic mass is 10.4. The summed E-state index contributed by atoms with van der Waals surface area (Å²) in [7, 11) is 0. The third kappa shape index (κ3) is 5.20. The predicted octanol–water partition coefficient (Wildman–Crippen LogP) is 3.67. The Morgan fingerprint density at radius 1 is 1.18 bits per heavy atom. The van der Waals surface area contributed by atoms with Crippen molar-refractivity contribution < 1.29 is 9.53 Å². The van der Waals surface area contributed by atoms with Crippen LogP contribution >= 0.6 is 45.9 Å². The van der Waals surface area contributed by atoms with Gasteiger partial charge in [-0.2, -0.15) is 0 Å². The number of nitrogens with zero attached hydrogens (tertiary/aromatic N) is 2. The van der Waals surface area contributed by atoms with E-state index in [2.05, 4.69) is 9.97 Å². The molecule has 0 aromatic carbocycles. The second kappa shape index (κ2) is 8.42. The molecule has 0 saturated heterocycles. The quantitative estimate of drug-likeness (QED) is 0.480. The van der Waals surface area contributed by atoms with Crippen molar-refractivity contribution in [2.45, 2.75) is 20.8 Å². The summed E-state index contributed by atoms with van der Waals surface area (Å²) in [4.78, 5) is 20.1. The van der Waals surface area contributed by atoms with Gasteiger partial charge in [-0.15, -0.1) is 0 Å². The van der Waals surface area contributed by atoms with Gasteiger partial charge in [-0.05, 0) is 20.8 Å². The van der Waals surface area contributed by atoms with Crippen molar-refractivity contribution in [1.29, 1.82) is 5.41 Å². The first-order chi connectivity index (χ1) is 10.3. The van der Waals surface area contributed by atoms with Crippen molar-refractivity contribution in [3.63, 3.8) is 0 Å². The van der Waals surface area contributed by atoms with Gasteiger partial charge in [0.1, 0.15) is 10.7 Å². The minimum Gasteiger partial charge on any atom is -0.462 e. The molecule has 0 amide bonds. The highest BCUT2D eigenvalue weighted by molar-refractivity contribution is 7.18. The lowest BCUT2D eigenvalue weighted by Gasteiger charge is -1.97. The molecule has 10 heteroatoms. The molecule has 6 nitrogen and oxygen atoms in total. The van der Waals surface area contributed by atoms with E-state index in [9.17, 15) is 4.79 Å². The summed E-state index contributed by atoms with van der Waals surface area (Å²) >= 11 is 13.5. The smallest absolute Gasteiger partial charge is 0.350 e. The summed E-state index contributed by atoms with van der Waals surface area (Å²) in [5, 5.41) is 7.08. The van der Waals surface area contributed by atoms with E-state index in [4.69, 9.17) is 39.1 Å².